The highest BCUT2D eigenvalue weighted by molar-refractivity contribution is 5.21. The van der Waals surface area contributed by atoms with Crippen molar-refractivity contribution < 1.29 is 0 Å². The molecule has 0 aromatic carbocycles. The van der Waals surface area contributed by atoms with E-state index in [4.69, 9.17) is 0 Å². The minimum absolute atomic E-state index is 0.635. The van der Waals surface area contributed by atoms with Crippen molar-refractivity contribution in [1.82, 2.24) is 0 Å². The summed E-state index contributed by atoms with van der Waals surface area (Å²) in [4.78, 5) is 0. The first-order valence-corrected chi connectivity index (χ1v) is 6.35. The molecule has 3 aliphatic carbocycles. The highest BCUT2D eigenvalue weighted by Crippen LogP contribution is 2.61. The standard InChI is InChI=1S/C14H24/c1-4-5-6-7-11-8-9-12-10-13(11)14(12,2)3/h7,12-13H,4-6,8-10H2,1-3H3/b11-7+/t12-,13-/m1/s1. The van der Waals surface area contributed by atoms with E-state index in [9.17, 15) is 0 Å². The van der Waals surface area contributed by atoms with E-state index in [1.54, 1.807) is 5.57 Å². The van der Waals surface area contributed by atoms with Crippen LogP contribution in [0, 0.1) is 17.3 Å². The predicted octanol–water partition coefficient (Wildman–Crippen LogP) is 4.56. The summed E-state index contributed by atoms with van der Waals surface area (Å²) < 4.78 is 0. The molecule has 14 heavy (non-hydrogen) atoms. The number of rotatable bonds is 3. The van der Waals surface area contributed by atoms with Crippen molar-refractivity contribution in [3.05, 3.63) is 11.6 Å². The van der Waals surface area contributed by atoms with Gasteiger partial charge in [-0.05, 0) is 42.9 Å². The van der Waals surface area contributed by atoms with E-state index in [1.165, 1.54) is 38.5 Å². The molecule has 2 bridgehead atoms. The lowest BCUT2D eigenvalue weighted by molar-refractivity contribution is -0.0280. The predicted molar refractivity (Wildman–Crippen MR) is 62.2 cm³/mol. The monoisotopic (exact) mass is 192 g/mol. The smallest absolute Gasteiger partial charge is 0.0146 e. The van der Waals surface area contributed by atoms with Crippen LogP contribution in [0.2, 0.25) is 0 Å². The topological polar surface area (TPSA) is 0 Å². The SMILES string of the molecule is CCCC/C=C1\CC[C@@H]2C[C@H]1C2(C)C. The highest BCUT2D eigenvalue weighted by Gasteiger charge is 2.51. The second-order valence-corrected chi connectivity index (χ2v) is 5.77. The Morgan fingerprint density at radius 3 is 2.79 bits per heavy atom. The minimum atomic E-state index is 0.635. The van der Waals surface area contributed by atoms with Crippen molar-refractivity contribution in [2.45, 2.75) is 59.3 Å². The van der Waals surface area contributed by atoms with E-state index < -0.39 is 0 Å². The quantitative estimate of drug-likeness (QED) is 0.454. The van der Waals surface area contributed by atoms with Gasteiger partial charge in [-0.15, -0.1) is 0 Å². The van der Waals surface area contributed by atoms with Gasteiger partial charge in [0.15, 0.2) is 0 Å². The summed E-state index contributed by atoms with van der Waals surface area (Å²) in [5.41, 5.74) is 2.43. The minimum Gasteiger partial charge on any atom is -0.0850 e. The Balaban J connectivity index is 1.97. The Kier molecular flexibility index (Phi) is 2.72. The first-order valence-electron chi connectivity index (χ1n) is 6.35. The Bertz CT molecular complexity index is 232. The van der Waals surface area contributed by atoms with Crippen molar-refractivity contribution in [3.8, 4) is 0 Å². The number of hydrogen-bond donors (Lipinski definition) is 0. The van der Waals surface area contributed by atoms with Gasteiger partial charge in [0.2, 0.25) is 0 Å². The van der Waals surface area contributed by atoms with E-state index in [1.807, 2.05) is 0 Å². The number of hydrogen-bond acceptors (Lipinski definition) is 0. The van der Waals surface area contributed by atoms with Crippen LogP contribution in [-0.2, 0) is 0 Å². The number of unbranched alkanes of at least 4 members (excludes halogenated alkanes) is 2. The molecule has 3 aliphatic rings. The molecular formula is C14H24. The third kappa shape index (κ3) is 1.53. The summed E-state index contributed by atoms with van der Waals surface area (Å²) in [6.45, 7) is 7.22. The fourth-order valence-corrected chi connectivity index (χ4v) is 3.39. The third-order valence-corrected chi connectivity index (χ3v) is 4.66. The third-order valence-electron chi connectivity index (χ3n) is 4.66. The van der Waals surface area contributed by atoms with Crippen LogP contribution in [0.25, 0.3) is 0 Å². The molecule has 80 valence electrons. The molecule has 0 aromatic rings. The second kappa shape index (κ2) is 3.72. The van der Waals surface area contributed by atoms with Crippen molar-refractivity contribution in [2.75, 3.05) is 0 Å². The van der Waals surface area contributed by atoms with Gasteiger partial charge in [0.05, 0.1) is 0 Å². The van der Waals surface area contributed by atoms with Gasteiger partial charge in [-0.1, -0.05) is 45.3 Å². The number of allylic oxidation sites excluding steroid dienone is 2. The van der Waals surface area contributed by atoms with Crippen molar-refractivity contribution >= 4 is 0 Å². The average molecular weight is 192 g/mol. The largest absolute Gasteiger partial charge is 0.0850 e. The van der Waals surface area contributed by atoms with Gasteiger partial charge in [0.25, 0.3) is 0 Å². The molecule has 0 spiro atoms. The summed E-state index contributed by atoms with van der Waals surface area (Å²) in [7, 11) is 0. The summed E-state index contributed by atoms with van der Waals surface area (Å²) in [5.74, 6) is 1.98. The van der Waals surface area contributed by atoms with E-state index in [2.05, 4.69) is 26.8 Å². The molecule has 0 heteroatoms. The van der Waals surface area contributed by atoms with Crippen LogP contribution in [0.4, 0.5) is 0 Å². The van der Waals surface area contributed by atoms with Crippen LogP contribution < -0.4 is 0 Å². The van der Waals surface area contributed by atoms with Crippen molar-refractivity contribution in [3.63, 3.8) is 0 Å². The molecule has 3 fully saturated rings. The lowest BCUT2D eigenvalue weighted by Gasteiger charge is -2.58. The van der Waals surface area contributed by atoms with Crippen LogP contribution in [0.3, 0.4) is 0 Å². The molecule has 3 rings (SSSR count). The molecule has 0 saturated heterocycles. The maximum atomic E-state index is 2.56. The number of fused-ring (bicyclic) bond motifs is 2. The fourth-order valence-electron chi connectivity index (χ4n) is 3.39. The van der Waals surface area contributed by atoms with Crippen LogP contribution >= 0.6 is 0 Å². The fraction of sp³-hybridized carbons (Fsp3) is 0.857. The van der Waals surface area contributed by atoms with Crippen molar-refractivity contribution in [1.29, 1.82) is 0 Å². The Morgan fingerprint density at radius 1 is 1.43 bits per heavy atom. The van der Waals surface area contributed by atoms with Gasteiger partial charge in [0, 0.05) is 0 Å². The van der Waals surface area contributed by atoms with Gasteiger partial charge in [-0.2, -0.15) is 0 Å². The molecule has 0 amide bonds. The molecule has 0 N–H and O–H groups in total. The van der Waals surface area contributed by atoms with Crippen LogP contribution in [-0.4, -0.2) is 0 Å². The van der Waals surface area contributed by atoms with Gasteiger partial charge in [0.1, 0.15) is 0 Å². The zero-order valence-corrected chi connectivity index (χ0v) is 9.97. The molecular weight excluding hydrogens is 168 g/mol. The first-order chi connectivity index (χ1) is 6.66. The van der Waals surface area contributed by atoms with Crippen LogP contribution in [0.1, 0.15) is 59.3 Å². The Hall–Kier alpha value is -0.260. The molecule has 3 saturated carbocycles. The van der Waals surface area contributed by atoms with E-state index in [0.717, 1.165) is 11.8 Å². The zero-order valence-electron chi connectivity index (χ0n) is 9.97. The maximum absolute atomic E-state index is 2.56. The van der Waals surface area contributed by atoms with E-state index in [-0.39, 0.29) is 0 Å². The normalized spacial score (nSPS) is 36.9. The highest BCUT2D eigenvalue weighted by atomic mass is 14.6. The molecule has 0 heterocycles. The van der Waals surface area contributed by atoms with Gasteiger partial charge in [-0.25, -0.2) is 0 Å². The summed E-state index contributed by atoms with van der Waals surface area (Å²) in [6.07, 6.45) is 10.9. The summed E-state index contributed by atoms with van der Waals surface area (Å²) >= 11 is 0. The van der Waals surface area contributed by atoms with Gasteiger partial charge in [-0.3, -0.25) is 0 Å². The van der Waals surface area contributed by atoms with Crippen LogP contribution in [0.15, 0.2) is 11.6 Å². The van der Waals surface area contributed by atoms with E-state index in [0.29, 0.717) is 5.41 Å². The average Bonchev–Trinajstić information content (AvgIpc) is 2.18. The Labute approximate surface area is 88.8 Å². The summed E-state index contributed by atoms with van der Waals surface area (Å²) in [6, 6.07) is 0. The molecule has 0 radical (unpaired) electrons. The van der Waals surface area contributed by atoms with Crippen molar-refractivity contribution in [2.24, 2.45) is 17.3 Å². The maximum Gasteiger partial charge on any atom is -0.0146 e. The second-order valence-electron chi connectivity index (χ2n) is 5.77. The molecule has 0 aliphatic heterocycles. The van der Waals surface area contributed by atoms with Gasteiger partial charge < -0.3 is 0 Å². The molecule has 0 nitrogen and oxygen atoms in total. The lowest BCUT2D eigenvalue weighted by Crippen LogP contribution is -2.49. The lowest BCUT2D eigenvalue weighted by atomic mass is 9.47. The zero-order chi connectivity index (χ0) is 10.2. The Morgan fingerprint density at radius 2 is 2.21 bits per heavy atom. The molecule has 0 aromatic heterocycles. The molecule has 2 atom stereocenters. The van der Waals surface area contributed by atoms with Gasteiger partial charge >= 0.3 is 0 Å². The van der Waals surface area contributed by atoms with Crippen LogP contribution in [0.5, 0.6) is 0 Å². The molecule has 0 unspecified atom stereocenters. The van der Waals surface area contributed by atoms with E-state index >= 15 is 0 Å². The summed E-state index contributed by atoms with van der Waals surface area (Å²) in [5, 5.41) is 0. The first kappa shape index (κ1) is 10.3.